The van der Waals surface area contributed by atoms with Crippen LogP contribution in [0.2, 0.25) is 5.11 Å². The fourth-order valence-corrected chi connectivity index (χ4v) is 9.52. The molecule has 55 heavy (non-hydrogen) atoms. The molecule has 0 spiro atoms. The number of para-hydroxylation sites is 2. The Labute approximate surface area is 330 Å². The molecule has 0 radical (unpaired) electrons. The highest BCUT2D eigenvalue weighted by Crippen LogP contribution is 2.48. The van der Waals surface area contributed by atoms with Crippen LogP contribution >= 0.6 is 11.3 Å². The fraction of sp³-hybridized carbons (Fsp3) is 0.0426. The number of hydrogen-bond donors (Lipinski definition) is 0. The zero-order valence-electron chi connectivity index (χ0n) is 31.9. The minimum atomic E-state index is -0.154. The number of imidazole rings is 1. The third-order valence-electron chi connectivity index (χ3n) is 12.2. The van der Waals surface area contributed by atoms with Crippen LogP contribution in [-0.2, 0) is 5.21 Å². The van der Waals surface area contributed by atoms with Gasteiger partial charge in [0.05, 0.1) is 34.6 Å². The Morgan fingerprint density at radius 3 is 1.60 bits per heavy atom. The lowest BCUT2D eigenvalue weighted by Gasteiger charge is -2.39. The van der Waals surface area contributed by atoms with Gasteiger partial charge in [0.1, 0.15) is 21.5 Å². The maximum atomic E-state index is 5.20. The molecular weight excluding hydrogens is 679 g/mol. The first kappa shape index (κ1) is 33.8. The fourth-order valence-electron chi connectivity index (χ4n) is 8.39. The summed E-state index contributed by atoms with van der Waals surface area (Å²) in [6.45, 7) is 0. The average Bonchev–Trinajstić information content (AvgIpc) is 3.79. The van der Waals surface area contributed by atoms with E-state index in [9.17, 15) is 0 Å². The van der Waals surface area contributed by atoms with Gasteiger partial charge in [0.15, 0.2) is 0 Å². The highest BCUT2D eigenvalue weighted by atomic mass is 32.1. The molecule has 0 aliphatic heterocycles. The normalized spacial score (nSPS) is 12.4. The van der Waals surface area contributed by atoms with Crippen LogP contribution in [0.5, 0.6) is 0 Å². The summed E-state index contributed by atoms with van der Waals surface area (Å²) in [5.74, 6) is 1.09. The van der Waals surface area contributed by atoms with E-state index in [1.807, 2.05) is 11.3 Å². The van der Waals surface area contributed by atoms with Gasteiger partial charge in [-0.25, -0.2) is 4.98 Å². The van der Waals surface area contributed by atoms with E-state index in [0.717, 1.165) is 22.5 Å². The summed E-state index contributed by atoms with van der Waals surface area (Å²) >= 11 is 1.88. The molecular formula is C47H37B5N2S. The van der Waals surface area contributed by atoms with Crippen LogP contribution in [0.3, 0.4) is 0 Å². The molecule has 10 rings (SSSR count). The molecule has 0 bridgehead atoms. The molecule has 0 unspecified atom stereocenters. The van der Waals surface area contributed by atoms with Crippen LogP contribution in [0, 0.1) is 0 Å². The van der Waals surface area contributed by atoms with Crippen LogP contribution in [0.15, 0.2) is 164 Å². The molecule has 0 amide bonds. The van der Waals surface area contributed by atoms with Crippen LogP contribution in [0.1, 0.15) is 5.82 Å². The first-order valence-electron chi connectivity index (χ1n) is 19.2. The van der Waals surface area contributed by atoms with E-state index in [1.54, 1.807) is 0 Å². The van der Waals surface area contributed by atoms with E-state index in [1.165, 1.54) is 75.1 Å². The third kappa shape index (κ3) is 5.33. The number of benzene rings is 8. The molecule has 2 aromatic heterocycles. The van der Waals surface area contributed by atoms with Gasteiger partial charge < -0.3 is 0 Å². The summed E-state index contributed by atoms with van der Waals surface area (Å²) in [7, 11) is 11.5. The highest BCUT2D eigenvalue weighted by Gasteiger charge is 2.38. The molecule has 0 fully saturated rings. The molecule has 0 atom stereocenters. The second kappa shape index (κ2) is 12.7. The zero-order valence-corrected chi connectivity index (χ0v) is 32.7. The van der Waals surface area contributed by atoms with Gasteiger partial charge in [-0.05, 0) is 96.5 Å². The smallest absolute Gasteiger partial charge is 0.106 e. The number of rotatable bonds is 6. The SMILES string of the molecule is BC(B)(B)C(B)(B)c1nc2ccccc2n1-c1ccc(-c2ccc(-c3c4ccccc4c(-c4cccc5sc6ccccc6c45)c4ccccc34)cc2)cc1. The molecule has 0 saturated carbocycles. The van der Waals surface area contributed by atoms with Gasteiger partial charge in [-0.3, -0.25) is 4.57 Å². The van der Waals surface area contributed by atoms with Crippen molar-refractivity contribution in [3.63, 3.8) is 0 Å². The predicted octanol–water partition coefficient (Wildman–Crippen LogP) is 8.09. The summed E-state index contributed by atoms with van der Waals surface area (Å²) in [5.41, 5.74) is 10.8. The van der Waals surface area contributed by atoms with Crippen LogP contribution in [0.25, 0.3) is 91.8 Å². The van der Waals surface area contributed by atoms with E-state index in [0.29, 0.717) is 0 Å². The Balaban J connectivity index is 1.08. The quantitative estimate of drug-likeness (QED) is 0.126. The van der Waals surface area contributed by atoms with Crippen molar-refractivity contribution in [3.05, 3.63) is 170 Å². The largest absolute Gasteiger partial charge is 0.297 e. The van der Waals surface area contributed by atoms with E-state index < -0.39 is 0 Å². The molecule has 8 heteroatoms. The summed E-state index contributed by atoms with van der Waals surface area (Å²) in [6.07, 6.45) is 0. The van der Waals surface area contributed by atoms with E-state index in [-0.39, 0.29) is 10.3 Å². The van der Waals surface area contributed by atoms with Crippen molar-refractivity contribution in [1.82, 2.24) is 9.55 Å². The first-order valence-corrected chi connectivity index (χ1v) is 20.0. The Kier molecular flexibility index (Phi) is 7.80. The number of thiophene rings is 1. The van der Waals surface area contributed by atoms with Crippen molar-refractivity contribution in [2.75, 3.05) is 0 Å². The number of hydrogen-bond acceptors (Lipinski definition) is 2. The first-order chi connectivity index (χ1) is 26.7. The van der Waals surface area contributed by atoms with E-state index in [2.05, 4.69) is 208 Å². The number of aromatic nitrogens is 2. The van der Waals surface area contributed by atoms with Crippen LogP contribution < -0.4 is 0 Å². The van der Waals surface area contributed by atoms with Crippen molar-refractivity contribution in [2.45, 2.75) is 10.3 Å². The minimum Gasteiger partial charge on any atom is -0.297 e. The lowest BCUT2D eigenvalue weighted by molar-refractivity contribution is 0.757. The van der Waals surface area contributed by atoms with Crippen molar-refractivity contribution < 1.29 is 0 Å². The Hall–Kier alpha value is -5.71. The molecule has 0 saturated heterocycles. The molecule has 0 N–H and O–H groups in total. The van der Waals surface area contributed by atoms with Gasteiger partial charge in [-0.15, -0.1) is 16.4 Å². The highest BCUT2D eigenvalue weighted by molar-refractivity contribution is 7.26. The van der Waals surface area contributed by atoms with Gasteiger partial charge in [-0.1, -0.05) is 127 Å². The summed E-state index contributed by atoms with van der Waals surface area (Å²) < 4.78 is 5.01. The second-order valence-corrected chi connectivity index (χ2v) is 17.5. The molecule has 0 aliphatic rings. The third-order valence-corrected chi connectivity index (χ3v) is 13.4. The Morgan fingerprint density at radius 2 is 0.964 bits per heavy atom. The van der Waals surface area contributed by atoms with E-state index in [4.69, 9.17) is 4.98 Å². The average molecular weight is 716 g/mol. The minimum absolute atomic E-state index is 0.0255. The molecule has 10 aromatic rings. The number of nitrogens with zero attached hydrogens (tertiary/aromatic N) is 2. The summed E-state index contributed by atoms with van der Waals surface area (Å²) in [6, 6.07) is 60.2. The maximum Gasteiger partial charge on any atom is 0.106 e. The van der Waals surface area contributed by atoms with Crippen molar-refractivity contribution >= 4 is 103 Å². The standard InChI is InChI=1S/C47H37B5N2S/c48-46(49,47(50,51)52)45-53-38-16-6-7-17-39(38)54(45)31-26-24-29(25-27-31)28-20-22-30(23-21-28)42-32-10-1-3-12-34(32)43(35-13-4-2-11-33(35)42)37-15-9-19-41-44(37)36-14-5-8-18-40(36)55-41/h1-27H,48-52H2. The van der Waals surface area contributed by atoms with Crippen molar-refractivity contribution in [1.29, 1.82) is 0 Å². The van der Waals surface area contributed by atoms with Gasteiger partial charge in [0.2, 0.25) is 0 Å². The number of fused-ring (bicyclic) bond motifs is 6. The molecule has 0 aliphatic carbocycles. The van der Waals surface area contributed by atoms with Crippen LogP contribution in [0.4, 0.5) is 0 Å². The predicted molar refractivity (Wildman–Crippen MR) is 252 cm³/mol. The topological polar surface area (TPSA) is 17.8 Å². The lowest BCUT2D eigenvalue weighted by atomic mass is 9.23. The summed E-state index contributed by atoms with van der Waals surface area (Å²) in [4.78, 5) is 5.20. The molecule has 256 valence electrons. The Morgan fingerprint density at radius 1 is 0.455 bits per heavy atom. The van der Waals surface area contributed by atoms with Gasteiger partial charge in [0, 0.05) is 25.9 Å². The molecule has 8 aromatic carbocycles. The lowest BCUT2D eigenvalue weighted by Crippen LogP contribution is -2.45. The Bertz CT molecular complexity index is 3050. The van der Waals surface area contributed by atoms with Gasteiger partial charge >= 0.3 is 0 Å². The zero-order chi connectivity index (χ0) is 37.5. The maximum absolute atomic E-state index is 5.20. The second-order valence-electron chi connectivity index (χ2n) is 16.4. The molecule has 2 heterocycles. The monoisotopic (exact) mass is 716 g/mol. The van der Waals surface area contributed by atoms with Crippen molar-refractivity contribution in [2.24, 2.45) is 0 Å². The van der Waals surface area contributed by atoms with Crippen LogP contribution in [-0.4, -0.2) is 48.8 Å². The summed E-state index contributed by atoms with van der Waals surface area (Å²) in [5, 5.41) is 7.64. The van der Waals surface area contributed by atoms with Gasteiger partial charge in [0.25, 0.3) is 0 Å². The van der Waals surface area contributed by atoms with E-state index >= 15 is 0 Å². The van der Waals surface area contributed by atoms with Gasteiger partial charge in [-0.2, -0.15) is 0 Å². The van der Waals surface area contributed by atoms with Crippen molar-refractivity contribution in [3.8, 4) is 39.1 Å². The molecule has 2 nitrogen and oxygen atoms in total.